The number of fused-ring (bicyclic) bond motifs is 1. The highest BCUT2D eigenvalue weighted by molar-refractivity contribution is 7.22. The Morgan fingerprint density at radius 1 is 1.25 bits per heavy atom. The van der Waals surface area contributed by atoms with Crippen LogP contribution in [0.5, 0.6) is 0 Å². The third kappa shape index (κ3) is 3.90. The van der Waals surface area contributed by atoms with E-state index in [9.17, 15) is 4.79 Å². The molecule has 4 nitrogen and oxygen atoms in total. The fourth-order valence-corrected chi connectivity index (χ4v) is 4.12. The maximum Gasteiger partial charge on any atom is 0.231 e. The van der Waals surface area contributed by atoms with Crippen molar-refractivity contribution in [3.63, 3.8) is 0 Å². The Morgan fingerprint density at radius 2 is 1.96 bits per heavy atom. The van der Waals surface area contributed by atoms with Gasteiger partial charge in [-0.3, -0.25) is 9.69 Å². The van der Waals surface area contributed by atoms with Gasteiger partial charge in [-0.1, -0.05) is 23.8 Å². The maximum atomic E-state index is 12.8. The number of aromatic nitrogens is 1. The van der Waals surface area contributed by atoms with E-state index in [2.05, 4.69) is 30.9 Å². The topological polar surface area (TPSA) is 36.4 Å². The second-order valence-electron chi connectivity index (χ2n) is 6.85. The molecule has 1 aromatic heterocycles. The quantitative estimate of drug-likeness (QED) is 0.800. The van der Waals surface area contributed by atoms with E-state index in [1.54, 1.807) is 11.3 Å². The predicted octanol–water partition coefficient (Wildman–Crippen LogP) is 4.03. The third-order valence-electron chi connectivity index (χ3n) is 4.54. The monoisotopic (exact) mass is 367 g/mol. The summed E-state index contributed by atoms with van der Waals surface area (Å²) in [6.07, 6.45) is 3.23. The molecule has 0 N–H and O–H groups in total. The van der Waals surface area contributed by atoms with E-state index in [4.69, 9.17) is 4.98 Å². The van der Waals surface area contributed by atoms with Crippen molar-refractivity contribution in [3.8, 4) is 0 Å². The molecule has 1 aliphatic rings. The first kappa shape index (κ1) is 19.2. The van der Waals surface area contributed by atoms with E-state index in [1.165, 1.54) is 22.2 Å². The molecule has 0 bridgehead atoms. The molecule has 0 saturated heterocycles. The van der Waals surface area contributed by atoms with Crippen LogP contribution in [0, 0.1) is 19.8 Å². The lowest BCUT2D eigenvalue weighted by Crippen LogP contribution is -2.42. The SMILES string of the molecule is Cc1cc(C)c2nc(N(CCN(C)C)C(=O)C3CCC3)sc2c1.Cl. The van der Waals surface area contributed by atoms with Crippen molar-refractivity contribution in [3.05, 3.63) is 23.3 Å². The number of aryl methyl sites for hydroxylation is 2. The molecule has 132 valence electrons. The minimum Gasteiger partial charge on any atom is -0.308 e. The minimum absolute atomic E-state index is 0. The number of likely N-dealkylation sites (N-methyl/N-ethyl adjacent to an activating group) is 1. The van der Waals surface area contributed by atoms with Crippen molar-refractivity contribution in [1.29, 1.82) is 0 Å². The van der Waals surface area contributed by atoms with E-state index < -0.39 is 0 Å². The van der Waals surface area contributed by atoms with Gasteiger partial charge < -0.3 is 4.90 Å². The molecule has 2 aromatic rings. The lowest BCUT2D eigenvalue weighted by molar-refractivity contribution is -0.124. The van der Waals surface area contributed by atoms with Gasteiger partial charge in [0.1, 0.15) is 0 Å². The van der Waals surface area contributed by atoms with Crippen LogP contribution in [-0.4, -0.2) is 43.0 Å². The van der Waals surface area contributed by atoms with Gasteiger partial charge in [0, 0.05) is 19.0 Å². The number of benzene rings is 1. The van der Waals surface area contributed by atoms with Gasteiger partial charge >= 0.3 is 0 Å². The Morgan fingerprint density at radius 3 is 2.54 bits per heavy atom. The zero-order chi connectivity index (χ0) is 16.6. The third-order valence-corrected chi connectivity index (χ3v) is 5.57. The molecule has 0 aliphatic heterocycles. The molecule has 1 amide bonds. The van der Waals surface area contributed by atoms with Crippen molar-refractivity contribution in [2.45, 2.75) is 33.1 Å². The Labute approximate surface area is 154 Å². The van der Waals surface area contributed by atoms with E-state index in [0.717, 1.165) is 30.0 Å². The van der Waals surface area contributed by atoms with Gasteiger partial charge in [-0.15, -0.1) is 12.4 Å². The number of carbonyl (C=O) groups is 1. The van der Waals surface area contributed by atoms with Gasteiger partial charge in [0.15, 0.2) is 5.13 Å². The molecule has 0 unspecified atom stereocenters. The molecule has 1 fully saturated rings. The normalized spacial score (nSPS) is 14.5. The summed E-state index contributed by atoms with van der Waals surface area (Å²) in [5, 5.41) is 0.854. The van der Waals surface area contributed by atoms with Crippen molar-refractivity contribution in [1.82, 2.24) is 9.88 Å². The summed E-state index contributed by atoms with van der Waals surface area (Å²) in [5.41, 5.74) is 3.47. The van der Waals surface area contributed by atoms with Crippen LogP contribution in [0.3, 0.4) is 0 Å². The van der Waals surface area contributed by atoms with Gasteiger partial charge in [-0.25, -0.2) is 4.98 Å². The molecule has 1 heterocycles. The van der Waals surface area contributed by atoms with Crippen LogP contribution in [0.15, 0.2) is 12.1 Å². The second-order valence-corrected chi connectivity index (χ2v) is 7.86. The highest BCUT2D eigenvalue weighted by Crippen LogP contribution is 2.35. The number of amides is 1. The fraction of sp³-hybridized carbons (Fsp3) is 0.556. The summed E-state index contributed by atoms with van der Waals surface area (Å²) in [7, 11) is 4.08. The molecule has 1 aliphatic carbocycles. The van der Waals surface area contributed by atoms with Crippen molar-refractivity contribution >= 4 is 45.0 Å². The molecular formula is C18H26ClN3OS. The number of hydrogen-bond donors (Lipinski definition) is 0. The summed E-state index contributed by atoms with van der Waals surface area (Å²) >= 11 is 1.64. The Hall–Kier alpha value is -1.17. The summed E-state index contributed by atoms with van der Waals surface area (Å²) in [6.45, 7) is 5.76. The van der Waals surface area contributed by atoms with Crippen LogP contribution in [0.4, 0.5) is 5.13 Å². The molecule has 3 rings (SSSR count). The average Bonchev–Trinajstić information content (AvgIpc) is 2.80. The minimum atomic E-state index is 0. The van der Waals surface area contributed by atoms with E-state index in [0.29, 0.717) is 6.54 Å². The average molecular weight is 368 g/mol. The molecule has 0 spiro atoms. The summed E-state index contributed by atoms with van der Waals surface area (Å²) in [5.74, 6) is 0.457. The number of anilines is 1. The number of halogens is 1. The van der Waals surface area contributed by atoms with Crippen molar-refractivity contribution < 1.29 is 4.79 Å². The number of thiazole rings is 1. The van der Waals surface area contributed by atoms with Crippen LogP contribution in [0.1, 0.15) is 30.4 Å². The fourth-order valence-electron chi connectivity index (χ4n) is 2.95. The lowest BCUT2D eigenvalue weighted by Gasteiger charge is -2.30. The predicted molar refractivity (Wildman–Crippen MR) is 105 cm³/mol. The second kappa shape index (κ2) is 7.81. The van der Waals surface area contributed by atoms with Gasteiger partial charge in [0.05, 0.1) is 10.2 Å². The largest absolute Gasteiger partial charge is 0.308 e. The Balaban J connectivity index is 0.00000208. The molecule has 1 saturated carbocycles. The van der Waals surface area contributed by atoms with E-state index >= 15 is 0 Å². The molecule has 0 radical (unpaired) electrons. The van der Waals surface area contributed by atoms with Gasteiger partial charge in [0.25, 0.3) is 0 Å². The number of nitrogens with zero attached hydrogens (tertiary/aromatic N) is 3. The van der Waals surface area contributed by atoms with Crippen LogP contribution in [0.2, 0.25) is 0 Å². The van der Waals surface area contributed by atoms with Gasteiger partial charge in [0.2, 0.25) is 5.91 Å². The molecular weight excluding hydrogens is 342 g/mol. The molecule has 24 heavy (non-hydrogen) atoms. The smallest absolute Gasteiger partial charge is 0.231 e. The first-order valence-electron chi connectivity index (χ1n) is 8.29. The van der Waals surface area contributed by atoms with Crippen molar-refractivity contribution in [2.24, 2.45) is 5.92 Å². The Bertz CT molecular complexity index is 724. The van der Waals surface area contributed by atoms with Crippen LogP contribution in [0.25, 0.3) is 10.2 Å². The zero-order valence-corrected chi connectivity index (χ0v) is 16.5. The van der Waals surface area contributed by atoms with Crippen LogP contribution in [-0.2, 0) is 4.79 Å². The van der Waals surface area contributed by atoms with E-state index in [-0.39, 0.29) is 24.2 Å². The summed E-state index contributed by atoms with van der Waals surface area (Å²) in [4.78, 5) is 21.7. The number of carbonyl (C=O) groups excluding carboxylic acids is 1. The molecule has 1 aromatic carbocycles. The highest BCUT2D eigenvalue weighted by Gasteiger charge is 2.31. The summed E-state index contributed by atoms with van der Waals surface area (Å²) < 4.78 is 1.17. The lowest BCUT2D eigenvalue weighted by atomic mass is 9.84. The Kier molecular flexibility index (Phi) is 6.23. The van der Waals surface area contributed by atoms with Gasteiger partial charge in [-0.05, 0) is 58.0 Å². The van der Waals surface area contributed by atoms with Crippen LogP contribution < -0.4 is 4.90 Å². The van der Waals surface area contributed by atoms with E-state index in [1.807, 2.05) is 19.0 Å². The number of hydrogen-bond acceptors (Lipinski definition) is 4. The van der Waals surface area contributed by atoms with Crippen LogP contribution >= 0.6 is 23.7 Å². The standard InChI is InChI=1S/C18H25N3OS.ClH/c1-12-10-13(2)16-15(11-12)23-18(19-16)21(9-8-20(3)4)17(22)14-6-5-7-14;/h10-11,14H,5-9H2,1-4H3;1H. The first-order chi connectivity index (χ1) is 11.0. The first-order valence-corrected chi connectivity index (χ1v) is 9.11. The summed E-state index contributed by atoms with van der Waals surface area (Å²) in [6, 6.07) is 4.32. The maximum absolute atomic E-state index is 12.8. The number of rotatable bonds is 5. The van der Waals surface area contributed by atoms with Gasteiger partial charge in [-0.2, -0.15) is 0 Å². The van der Waals surface area contributed by atoms with Crippen molar-refractivity contribution in [2.75, 3.05) is 32.1 Å². The molecule has 6 heteroatoms. The highest BCUT2D eigenvalue weighted by atomic mass is 35.5. The molecule has 0 atom stereocenters. The zero-order valence-electron chi connectivity index (χ0n) is 14.8.